The van der Waals surface area contributed by atoms with Crippen LogP contribution in [0.4, 0.5) is 0 Å². The number of carbonyl (C=O) groups is 1. The molecule has 0 saturated carbocycles. The molecular weight excluding hydrogens is 808 g/mol. The lowest BCUT2D eigenvalue weighted by molar-refractivity contribution is -0.190. The first-order valence-electron chi connectivity index (χ1n) is 23.7. The molecule has 350 valence electrons. The second kappa shape index (κ2) is 35.8. The molecule has 0 spiro atoms. The molecule has 0 bridgehead atoms. The summed E-state index contributed by atoms with van der Waals surface area (Å²) in [6.07, 6.45) is 22.8. The van der Waals surface area contributed by atoms with E-state index in [2.05, 4.69) is 64.0 Å². The van der Waals surface area contributed by atoms with E-state index in [1.54, 1.807) is 26.4 Å². The van der Waals surface area contributed by atoms with Crippen molar-refractivity contribution in [1.82, 2.24) is 0 Å². The second-order valence-corrected chi connectivity index (χ2v) is 17.0. The van der Waals surface area contributed by atoms with Crippen LogP contribution in [0.5, 0.6) is 11.5 Å². The lowest BCUT2D eigenvalue weighted by Gasteiger charge is -2.27. The molecule has 0 aromatic heterocycles. The minimum Gasteiger partial charge on any atom is -0.496 e. The number of rotatable bonds is 24. The van der Waals surface area contributed by atoms with Crippen molar-refractivity contribution in [3.8, 4) is 35.2 Å². The summed E-state index contributed by atoms with van der Waals surface area (Å²) in [6, 6.07) is 11.2. The van der Waals surface area contributed by atoms with Gasteiger partial charge in [0.2, 0.25) is 5.78 Å². The van der Waals surface area contributed by atoms with E-state index in [4.69, 9.17) is 28.4 Å². The van der Waals surface area contributed by atoms with Gasteiger partial charge in [-0.05, 0) is 120 Å². The van der Waals surface area contributed by atoms with Crippen LogP contribution in [0.25, 0.3) is 0 Å². The Labute approximate surface area is 384 Å². The highest BCUT2D eigenvalue weighted by Crippen LogP contribution is 2.28. The zero-order valence-corrected chi connectivity index (χ0v) is 40.8. The number of benzene rings is 2. The monoisotopic (exact) mass is 889 g/mol. The molecule has 0 radical (unpaired) electrons. The molecule has 2 aromatic rings. The summed E-state index contributed by atoms with van der Waals surface area (Å²) in [6.45, 7) is 17.9. The highest BCUT2D eigenvalue weighted by molar-refractivity contribution is 7.35. The third-order valence-corrected chi connectivity index (χ3v) is 10.8. The van der Waals surface area contributed by atoms with Crippen LogP contribution in [0, 0.1) is 23.7 Å². The van der Waals surface area contributed by atoms with Crippen molar-refractivity contribution in [2.24, 2.45) is 0 Å². The Bertz CT molecular complexity index is 1670. The number of hydrogen-bond acceptors (Lipinski definition) is 8. The largest absolute Gasteiger partial charge is 0.496 e. The molecule has 8 nitrogen and oxygen atoms in total. The topological polar surface area (TPSA) is 92.7 Å². The molecule has 2 aliphatic heterocycles. The van der Waals surface area contributed by atoms with E-state index in [0.29, 0.717) is 37.0 Å². The quantitative estimate of drug-likeness (QED) is 0.0278. The lowest BCUT2D eigenvalue weighted by Crippen LogP contribution is -2.28. The fraction of sp³-hybridized carbons (Fsp3) is 0.611. The third kappa shape index (κ3) is 22.8. The summed E-state index contributed by atoms with van der Waals surface area (Å²) in [4.78, 5) is 12.7. The number of methoxy groups -OCH3 is 2. The van der Waals surface area contributed by atoms with E-state index in [9.17, 15) is 9.90 Å². The van der Waals surface area contributed by atoms with Gasteiger partial charge in [0.15, 0.2) is 12.6 Å². The number of hydrogen-bond donors (Lipinski definition) is 1. The van der Waals surface area contributed by atoms with Crippen molar-refractivity contribution in [3.63, 3.8) is 0 Å². The summed E-state index contributed by atoms with van der Waals surface area (Å²) in [7, 11) is 4.33. The van der Waals surface area contributed by atoms with Gasteiger partial charge in [0.1, 0.15) is 17.6 Å². The molecule has 2 aliphatic rings. The Morgan fingerprint density at radius 2 is 1.27 bits per heavy atom. The molecule has 3 unspecified atom stereocenters. The summed E-state index contributed by atoms with van der Waals surface area (Å²) in [5.41, 5.74) is 3.15. The molecule has 5 atom stereocenters. The van der Waals surface area contributed by atoms with Gasteiger partial charge in [-0.15, -0.1) is 27.7 Å². The smallest absolute Gasteiger partial charge is 0.236 e. The zero-order chi connectivity index (χ0) is 45.9. The molecule has 2 aromatic carbocycles. The maximum absolute atomic E-state index is 12.7. The Hall–Kier alpha value is -3.46. The molecule has 0 amide bonds. The summed E-state index contributed by atoms with van der Waals surface area (Å²) in [5.74, 6) is 13.3. The molecule has 2 heterocycles. The van der Waals surface area contributed by atoms with Gasteiger partial charge in [-0.25, -0.2) is 0 Å². The van der Waals surface area contributed by atoms with Crippen LogP contribution in [0.3, 0.4) is 0 Å². The van der Waals surface area contributed by atoms with Gasteiger partial charge in [-0.1, -0.05) is 94.6 Å². The number of ether oxygens (including phenoxy) is 6. The van der Waals surface area contributed by atoms with E-state index in [1.165, 1.54) is 38.5 Å². The normalized spacial score (nSPS) is 17.0. The van der Waals surface area contributed by atoms with Gasteiger partial charge in [0.25, 0.3) is 0 Å². The molecule has 4 rings (SSSR count). The average molecular weight is 889 g/mol. The Kier molecular flexibility index (Phi) is 31.7. The van der Waals surface area contributed by atoms with Gasteiger partial charge in [-0.2, -0.15) is 0 Å². The summed E-state index contributed by atoms with van der Waals surface area (Å²) >= 11 is 0. The standard InChI is InChI=1S/C26H38O4.C26H36O4.C2H7P/c2*1-4-6-7-14-21(30-26-19-10-11-20-29-26)15-8-9-17-24(27)22-16-12-18-25(28-3)23(22)13-5-2;1-3-2/h5,12,16,18,21,24,26-27H,2,4,6-8,10-11,13-15,19-20H2,1,3H3;5,12,16,18,21,26H,2,4,6-8,10-11,13-15,19-20H2,1,3H3;3H,1-2H3/t21-,24?,26?;21-,26?;/m00./s1. The van der Waals surface area contributed by atoms with E-state index in [-0.39, 0.29) is 30.6 Å². The van der Waals surface area contributed by atoms with Crippen LogP contribution >= 0.6 is 8.58 Å². The van der Waals surface area contributed by atoms with E-state index in [1.807, 2.05) is 36.4 Å². The average Bonchev–Trinajstić information content (AvgIpc) is 3.30. The van der Waals surface area contributed by atoms with E-state index >= 15 is 0 Å². The Morgan fingerprint density at radius 3 is 1.76 bits per heavy atom. The van der Waals surface area contributed by atoms with Crippen LogP contribution in [-0.2, 0) is 31.8 Å². The van der Waals surface area contributed by atoms with Crippen LogP contribution in [-0.4, -0.2) is 76.4 Å². The van der Waals surface area contributed by atoms with Gasteiger partial charge in [0.05, 0.1) is 26.4 Å². The highest BCUT2D eigenvalue weighted by Gasteiger charge is 2.21. The minimum atomic E-state index is -0.837. The van der Waals surface area contributed by atoms with Gasteiger partial charge in [-0.3, -0.25) is 4.79 Å². The lowest BCUT2D eigenvalue weighted by atomic mass is 9.98. The Balaban J connectivity index is 0.000000408. The Morgan fingerprint density at radius 1 is 0.762 bits per heavy atom. The minimum absolute atomic E-state index is 0.0674. The van der Waals surface area contributed by atoms with Crippen molar-refractivity contribution in [2.45, 2.75) is 173 Å². The molecule has 1 N–H and O–H groups in total. The fourth-order valence-electron chi connectivity index (χ4n) is 7.51. The van der Waals surface area contributed by atoms with Crippen LogP contribution in [0.15, 0.2) is 61.7 Å². The molecule has 0 aliphatic carbocycles. The maximum atomic E-state index is 12.7. The van der Waals surface area contributed by atoms with Crippen LogP contribution < -0.4 is 9.47 Å². The van der Waals surface area contributed by atoms with Gasteiger partial charge >= 0.3 is 0 Å². The number of aliphatic hydroxyl groups is 1. The highest BCUT2D eigenvalue weighted by atomic mass is 31.1. The van der Waals surface area contributed by atoms with Gasteiger partial charge in [0, 0.05) is 42.7 Å². The molecule has 2 fully saturated rings. The van der Waals surface area contributed by atoms with Crippen molar-refractivity contribution in [3.05, 3.63) is 84.0 Å². The van der Waals surface area contributed by atoms with Crippen molar-refractivity contribution >= 4 is 14.4 Å². The third-order valence-electron chi connectivity index (χ3n) is 10.8. The number of unbranched alkanes of at least 4 members (excludes halogenated alkanes) is 4. The number of aliphatic hydroxyl groups excluding tert-OH is 1. The number of ketones is 1. The number of Topliss-reactive ketones (excluding diaryl/α,β-unsaturated/α-hetero) is 1. The summed E-state index contributed by atoms with van der Waals surface area (Å²) < 4.78 is 34.8. The van der Waals surface area contributed by atoms with Crippen LogP contribution in [0.1, 0.15) is 163 Å². The van der Waals surface area contributed by atoms with Crippen molar-refractivity contribution in [2.75, 3.05) is 40.8 Å². The van der Waals surface area contributed by atoms with Crippen molar-refractivity contribution in [1.29, 1.82) is 0 Å². The SMILES string of the molecule is C=CCc1c(OC)cccc1C(=O)C#CCC[C@H](CCCCC)OC1CCCCO1.C=CCc1c(OC)cccc1C(O)C#CCC[C@H](CCCCC)OC1CCCCO1.CPC. The molecule has 63 heavy (non-hydrogen) atoms. The maximum Gasteiger partial charge on any atom is 0.236 e. The first kappa shape index (κ1) is 55.7. The number of allylic oxidation sites excluding steroid dienone is 2. The predicted molar refractivity (Wildman–Crippen MR) is 262 cm³/mol. The molecule has 2 saturated heterocycles. The predicted octanol–water partition coefficient (Wildman–Crippen LogP) is 12.5. The van der Waals surface area contributed by atoms with E-state index in [0.717, 1.165) is 108 Å². The van der Waals surface area contributed by atoms with Crippen molar-refractivity contribution < 1.29 is 38.3 Å². The van der Waals surface area contributed by atoms with Crippen LogP contribution in [0.2, 0.25) is 0 Å². The zero-order valence-electron chi connectivity index (χ0n) is 39.8. The second-order valence-electron chi connectivity index (χ2n) is 16.0. The van der Waals surface area contributed by atoms with Gasteiger partial charge < -0.3 is 33.5 Å². The summed E-state index contributed by atoms with van der Waals surface area (Å²) in [5, 5.41) is 10.6. The first-order valence-corrected chi connectivity index (χ1v) is 25.7. The first-order chi connectivity index (χ1) is 30.8. The molecular formula is C54H81O8P. The fourth-order valence-corrected chi connectivity index (χ4v) is 7.51. The molecule has 9 heteroatoms. The van der Waals surface area contributed by atoms with E-state index < -0.39 is 6.10 Å². The number of carbonyl (C=O) groups excluding carboxylic acids is 1.